The molecule has 4 rings (SSSR count). The molecule has 4 aromatic rings. The van der Waals surface area contributed by atoms with Crippen LogP contribution in [0.2, 0.25) is 0 Å². The highest BCUT2D eigenvalue weighted by Crippen LogP contribution is 2.36. The zero-order valence-electron chi connectivity index (χ0n) is 13.8. The molecule has 0 spiro atoms. The Hall–Kier alpha value is -2.29. The van der Waals surface area contributed by atoms with E-state index in [2.05, 4.69) is 20.5 Å². The fourth-order valence-corrected chi connectivity index (χ4v) is 4.93. The van der Waals surface area contributed by atoms with Crippen molar-refractivity contribution in [2.75, 3.05) is 11.1 Å². The minimum atomic E-state index is -0.0783. The Bertz CT molecular complexity index is 1050. The fraction of sp³-hybridized carbons (Fsp3) is 0.111. The van der Waals surface area contributed by atoms with E-state index in [4.69, 9.17) is 0 Å². The summed E-state index contributed by atoms with van der Waals surface area (Å²) in [6, 6.07) is 13.4. The lowest BCUT2D eigenvalue weighted by Gasteiger charge is -2.05. The molecule has 0 bridgehead atoms. The second kappa shape index (κ2) is 7.53. The highest BCUT2D eigenvalue weighted by atomic mass is 32.2. The molecule has 0 fully saturated rings. The lowest BCUT2D eigenvalue weighted by molar-refractivity contribution is -0.113. The standard InChI is InChI=1S/C18H14N4OS3/c1-11-19-16-17(26-11)15(13-8-5-9-24-13)21-22-18(16)25-10-14(23)20-12-6-3-2-4-7-12/h2-9H,10H2,1H3,(H,20,23). The van der Waals surface area contributed by atoms with Crippen LogP contribution in [0.25, 0.3) is 20.8 Å². The molecular formula is C18H14N4OS3. The van der Waals surface area contributed by atoms with Crippen LogP contribution in [-0.4, -0.2) is 26.8 Å². The number of thiophene rings is 1. The molecule has 0 saturated carbocycles. The Morgan fingerprint density at radius 3 is 2.77 bits per heavy atom. The molecule has 0 radical (unpaired) electrons. The van der Waals surface area contributed by atoms with Gasteiger partial charge < -0.3 is 5.32 Å². The second-order valence-corrected chi connectivity index (χ2v) is 8.56. The number of aromatic nitrogens is 3. The predicted molar refractivity (Wildman–Crippen MR) is 109 cm³/mol. The number of thioether (sulfide) groups is 1. The molecule has 0 unspecified atom stereocenters. The first-order chi connectivity index (χ1) is 12.7. The molecule has 0 aliphatic carbocycles. The van der Waals surface area contributed by atoms with Gasteiger partial charge in [-0.2, -0.15) is 0 Å². The number of carbonyl (C=O) groups excluding carboxylic acids is 1. The van der Waals surface area contributed by atoms with E-state index in [1.807, 2.05) is 54.8 Å². The molecule has 0 saturated heterocycles. The summed E-state index contributed by atoms with van der Waals surface area (Å²) in [5.41, 5.74) is 2.47. The summed E-state index contributed by atoms with van der Waals surface area (Å²) in [5, 5.41) is 15.3. The minimum absolute atomic E-state index is 0.0783. The molecule has 0 atom stereocenters. The lowest BCUT2D eigenvalue weighted by atomic mass is 10.3. The van der Waals surface area contributed by atoms with Gasteiger partial charge in [-0.05, 0) is 30.5 Å². The Labute approximate surface area is 162 Å². The van der Waals surface area contributed by atoms with Gasteiger partial charge in [0.2, 0.25) is 5.91 Å². The number of thiazole rings is 1. The largest absolute Gasteiger partial charge is 0.325 e. The van der Waals surface area contributed by atoms with Gasteiger partial charge in [0.15, 0.2) is 0 Å². The van der Waals surface area contributed by atoms with E-state index in [1.54, 1.807) is 22.7 Å². The molecule has 1 aromatic carbocycles. The van der Waals surface area contributed by atoms with Gasteiger partial charge in [0.1, 0.15) is 16.2 Å². The smallest absolute Gasteiger partial charge is 0.234 e. The maximum absolute atomic E-state index is 12.2. The number of hydrogen-bond donors (Lipinski definition) is 1. The van der Waals surface area contributed by atoms with Crippen molar-refractivity contribution in [3.63, 3.8) is 0 Å². The third-order valence-electron chi connectivity index (χ3n) is 3.54. The zero-order chi connectivity index (χ0) is 17.9. The van der Waals surface area contributed by atoms with Crippen LogP contribution in [0.5, 0.6) is 0 Å². The minimum Gasteiger partial charge on any atom is -0.325 e. The van der Waals surface area contributed by atoms with Gasteiger partial charge in [0, 0.05) is 5.69 Å². The van der Waals surface area contributed by atoms with Crippen LogP contribution in [0.1, 0.15) is 5.01 Å². The first kappa shape index (κ1) is 17.1. The summed E-state index contributed by atoms with van der Waals surface area (Å²) in [6.07, 6.45) is 0. The third-order valence-corrected chi connectivity index (χ3v) is 6.35. The van der Waals surface area contributed by atoms with Crippen molar-refractivity contribution in [2.45, 2.75) is 11.9 Å². The summed E-state index contributed by atoms with van der Waals surface area (Å²) in [4.78, 5) is 17.9. The molecule has 0 aliphatic rings. The van der Waals surface area contributed by atoms with E-state index >= 15 is 0 Å². The topological polar surface area (TPSA) is 67.8 Å². The van der Waals surface area contributed by atoms with Crippen molar-refractivity contribution in [1.82, 2.24) is 15.2 Å². The summed E-state index contributed by atoms with van der Waals surface area (Å²) in [7, 11) is 0. The molecule has 3 heterocycles. The van der Waals surface area contributed by atoms with Gasteiger partial charge in [-0.3, -0.25) is 4.79 Å². The van der Waals surface area contributed by atoms with Crippen LogP contribution in [0.15, 0.2) is 52.9 Å². The van der Waals surface area contributed by atoms with Crippen molar-refractivity contribution in [3.8, 4) is 10.6 Å². The van der Waals surface area contributed by atoms with Crippen LogP contribution in [0.3, 0.4) is 0 Å². The third kappa shape index (κ3) is 3.62. The zero-order valence-corrected chi connectivity index (χ0v) is 16.3. The molecular weight excluding hydrogens is 384 g/mol. The van der Waals surface area contributed by atoms with Crippen LogP contribution in [-0.2, 0) is 4.79 Å². The predicted octanol–water partition coefficient (Wildman–Crippen LogP) is 4.85. The number of benzene rings is 1. The average Bonchev–Trinajstić information content (AvgIpc) is 3.29. The van der Waals surface area contributed by atoms with Crippen LogP contribution in [0, 0.1) is 6.92 Å². The number of aryl methyl sites for hydroxylation is 1. The number of para-hydroxylation sites is 1. The number of fused-ring (bicyclic) bond motifs is 1. The molecule has 26 heavy (non-hydrogen) atoms. The van der Waals surface area contributed by atoms with Crippen LogP contribution in [0.4, 0.5) is 5.69 Å². The summed E-state index contributed by atoms with van der Waals surface area (Å²) in [6.45, 7) is 1.97. The highest BCUT2D eigenvalue weighted by molar-refractivity contribution is 8.00. The SMILES string of the molecule is Cc1nc2c(SCC(=O)Nc3ccccc3)nnc(-c3cccs3)c2s1. The quantitative estimate of drug-likeness (QED) is 0.487. The van der Waals surface area contributed by atoms with Gasteiger partial charge in [0.25, 0.3) is 0 Å². The van der Waals surface area contributed by atoms with Crippen LogP contribution >= 0.6 is 34.4 Å². The van der Waals surface area contributed by atoms with Gasteiger partial charge in [0.05, 0.1) is 20.3 Å². The van der Waals surface area contributed by atoms with Crippen molar-refractivity contribution in [1.29, 1.82) is 0 Å². The van der Waals surface area contributed by atoms with Crippen molar-refractivity contribution < 1.29 is 4.79 Å². The molecule has 8 heteroatoms. The number of amides is 1. The molecule has 1 N–H and O–H groups in total. The average molecular weight is 399 g/mol. The van der Waals surface area contributed by atoms with Crippen molar-refractivity contribution in [3.05, 3.63) is 52.9 Å². The van der Waals surface area contributed by atoms with Gasteiger partial charge in [-0.15, -0.1) is 32.9 Å². The van der Waals surface area contributed by atoms with E-state index in [0.717, 1.165) is 31.5 Å². The molecule has 130 valence electrons. The normalized spacial score (nSPS) is 11.0. The number of nitrogens with zero attached hydrogens (tertiary/aromatic N) is 3. The first-order valence-electron chi connectivity index (χ1n) is 7.86. The summed E-state index contributed by atoms with van der Waals surface area (Å²) >= 11 is 4.60. The molecule has 1 amide bonds. The maximum Gasteiger partial charge on any atom is 0.234 e. The first-order valence-corrected chi connectivity index (χ1v) is 10.5. The number of rotatable bonds is 5. The van der Waals surface area contributed by atoms with E-state index < -0.39 is 0 Å². The van der Waals surface area contributed by atoms with Crippen molar-refractivity contribution >= 4 is 56.2 Å². The van der Waals surface area contributed by atoms with E-state index in [0.29, 0.717) is 5.03 Å². The Balaban J connectivity index is 1.56. The van der Waals surface area contributed by atoms with E-state index in [-0.39, 0.29) is 11.7 Å². The van der Waals surface area contributed by atoms with Crippen molar-refractivity contribution in [2.24, 2.45) is 0 Å². The second-order valence-electron chi connectivity index (χ2n) is 5.44. The number of hydrogen-bond acceptors (Lipinski definition) is 7. The lowest BCUT2D eigenvalue weighted by Crippen LogP contribution is -2.14. The number of anilines is 1. The van der Waals surface area contributed by atoms with E-state index in [9.17, 15) is 4.79 Å². The fourth-order valence-electron chi connectivity index (χ4n) is 2.44. The number of carbonyl (C=O) groups is 1. The number of nitrogens with one attached hydrogen (secondary N) is 1. The maximum atomic E-state index is 12.2. The Morgan fingerprint density at radius 1 is 1.15 bits per heavy atom. The molecule has 0 aliphatic heterocycles. The highest BCUT2D eigenvalue weighted by Gasteiger charge is 2.17. The summed E-state index contributed by atoms with van der Waals surface area (Å²) < 4.78 is 1.02. The molecule has 5 nitrogen and oxygen atoms in total. The monoisotopic (exact) mass is 398 g/mol. The summed E-state index contributed by atoms with van der Waals surface area (Å²) in [5.74, 6) is 0.179. The van der Waals surface area contributed by atoms with Gasteiger partial charge in [-0.25, -0.2) is 4.98 Å². The van der Waals surface area contributed by atoms with Crippen LogP contribution < -0.4 is 5.32 Å². The van der Waals surface area contributed by atoms with E-state index in [1.165, 1.54) is 11.8 Å². The molecule has 3 aromatic heterocycles. The van der Waals surface area contributed by atoms with Gasteiger partial charge in [-0.1, -0.05) is 36.0 Å². The van der Waals surface area contributed by atoms with Gasteiger partial charge >= 0.3 is 0 Å². The Morgan fingerprint density at radius 2 is 2.00 bits per heavy atom. The Kier molecular flexibility index (Phi) is 4.96.